The molecule has 0 aromatic carbocycles. The average Bonchev–Trinajstić information content (AvgIpc) is 2.97. The summed E-state index contributed by atoms with van der Waals surface area (Å²) in [5, 5.41) is 0. The minimum atomic E-state index is -6.03. The molecule has 0 amide bonds. The molecule has 1 heterocycles. The zero-order chi connectivity index (χ0) is 14.7. The fourth-order valence-electron chi connectivity index (χ4n) is 0.951. The lowest BCUT2D eigenvalue weighted by Crippen LogP contribution is -2.25. The predicted octanol–water partition coefficient (Wildman–Crippen LogP) is 0.345. The summed E-state index contributed by atoms with van der Waals surface area (Å²) in [5.74, 6) is -0.839. The van der Waals surface area contributed by atoms with Crippen LogP contribution in [-0.2, 0) is 29.5 Å². The van der Waals surface area contributed by atoms with Crippen LogP contribution < -0.4 is 0 Å². The Kier molecular flexibility index (Phi) is 5.17. The molecule has 0 aliphatic carbocycles. The zero-order valence-electron chi connectivity index (χ0n) is 9.46. The molecule has 0 bridgehead atoms. The largest absolute Gasteiger partial charge is 0.480 e. The van der Waals surface area contributed by atoms with Crippen LogP contribution >= 0.6 is 0 Å². The van der Waals surface area contributed by atoms with Gasteiger partial charge in [0.2, 0.25) is 0 Å². The number of ether oxygens (including phenoxy) is 2. The fraction of sp³-hybridized carbons (Fsp3) is 1.00. The fourth-order valence-corrected chi connectivity index (χ4v) is 3.27. The SMILES string of the molecule is O=S(=O)(CCCOCC1CO1)[N-]S(=O)(=O)C(F)(F)F. The van der Waals surface area contributed by atoms with Crippen molar-refractivity contribution in [2.45, 2.75) is 18.0 Å². The Labute approximate surface area is 108 Å². The summed E-state index contributed by atoms with van der Waals surface area (Å²) in [5.41, 5.74) is -5.72. The van der Waals surface area contributed by atoms with Gasteiger partial charge in [0.25, 0.3) is 0 Å². The molecule has 1 atom stereocenters. The number of epoxide rings is 1. The van der Waals surface area contributed by atoms with Crippen LogP contribution in [0, 0.1) is 0 Å². The van der Waals surface area contributed by atoms with Gasteiger partial charge in [-0.3, -0.25) is 0 Å². The number of alkyl halides is 3. The average molecular weight is 326 g/mol. The molecule has 1 aliphatic rings. The van der Waals surface area contributed by atoms with Crippen LogP contribution in [0.4, 0.5) is 13.2 Å². The highest BCUT2D eigenvalue weighted by Gasteiger charge is 2.40. The molecule has 1 saturated heterocycles. The van der Waals surface area contributed by atoms with Gasteiger partial charge in [-0.1, -0.05) is 0 Å². The van der Waals surface area contributed by atoms with Gasteiger partial charge >= 0.3 is 5.51 Å². The van der Waals surface area contributed by atoms with Gasteiger partial charge in [0.05, 0.1) is 23.2 Å². The van der Waals surface area contributed by atoms with Crippen LogP contribution in [0.1, 0.15) is 6.42 Å². The topological polar surface area (TPSA) is 104 Å². The van der Waals surface area contributed by atoms with Crippen molar-refractivity contribution >= 4 is 20.0 Å². The summed E-state index contributed by atoms with van der Waals surface area (Å²) in [7, 11) is -10.7. The van der Waals surface area contributed by atoms with Crippen molar-refractivity contribution in [3.8, 4) is 0 Å². The lowest BCUT2D eigenvalue weighted by atomic mass is 10.5. The van der Waals surface area contributed by atoms with E-state index in [2.05, 4.69) is 0 Å². The molecular formula is C7H11F3NO6S2-. The van der Waals surface area contributed by atoms with Gasteiger partial charge in [0.1, 0.15) is 6.10 Å². The van der Waals surface area contributed by atoms with Crippen LogP contribution in [0.2, 0.25) is 0 Å². The Morgan fingerprint density at radius 2 is 1.84 bits per heavy atom. The summed E-state index contributed by atoms with van der Waals surface area (Å²) in [6.45, 7) is 0.774. The second-order valence-corrected chi connectivity index (χ2v) is 7.25. The third-order valence-corrected chi connectivity index (χ3v) is 4.98. The minimum Gasteiger partial charge on any atom is -0.428 e. The van der Waals surface area contributed by atoms with Gasteiger partial charge in [-0.15, -0.1) is 0 Å². The molecule has 0 aromatic heterocycles. The minimum absolute atomic E-state index is 0.0214. The van der Waals surface area contributed by atoms with Crippen LogP contribution in [0.3, 0.4) is 0 Å². The van der Waals surface area contributed by atoms with Crippen molar-refractivity contribution < 1.29 is 39.5 Å². The molecule has 0 saturated carbocycles. The highest BCUT2D eigenvalue weighted by molar-refractivity contribution is 8.12. The first-order chi connectivity index (χ1) is 8.54. The zero-order valence-corrected chi connectivity index (χ0v) is 11.1. The Bertz CT molecular complexity index is 495. The van der Waals surface area contributed by atoms with Crippen LogP contribution in [0.5, 0.6) is 0 Å². The third kappa shape index (κ3) is 6.03. The van der Waals surface area contributed by atoms with Crippen molar-refractivity contribution in [3.05, 3.63) is 4.13 Å². The number of hydrogen-bond acceptors (Lipinski definition) is 6. The van der Waals surface area contributed by atoms with Crippen LogP contribution in [-0.4, -0.2) is 54.0 Å². The van der Waals surface area contributed by atoms with Crippen molar-refractivity contribution in [2.75, 3.05) is 25.6 Å². The number of hydrogen-bond donors (Lipinski definition) is 0. The lowest BCUT2D eigenvalue weighted by Gasteiger charge is -2.21. The molecule has 7 nitrogen and oxygen atoms in total. The second kappa shape index (κ2) is 5.91. The van der Waals surface area contributed by atoms with Gasteiger partial charge in [0.15, 0.2) is 10.0 Å². The molecule has 0 radical (unpaired) electrons. The van der Waals surface area contributed by atoms with Crippen molar-refractivity contribution in [1.82, 2.24) is 0 Å². The van der Waals surface area contributed by atoms with Crippen LogP contribution in [0.25, 0.3) is 4.13 Å². The third-order valence-electron chi connectivity index (χ3n) is 1.90. The second-order valence-electron chi connectivity index (χ2n) is 3.67. The van der Waals surface area contributed by atoms with E-state index in [0.29, 0.717) is 6.61 Å². The maximum Gasteiger partial charge on any atom is 0.480 e. The standard InChI is InChI=1S/C7H11F3NO6S2/c8-7(9,10)19(14,15)11-18(12,13)3-1-2-16-4-6-5-17-6/h6H,1-5H2/q-1. The summed E-state index contributed by atoms with van der Waals surface area (Å²) >= 11 is 0. The summed E-state index contributed by atoms with van der Waals surface area (Å²) in [4.78, 5) is 0. The summed E-state index contributed by atoms with van der Waals surface area (Å²) < 4.78 is 90.6. The van der Waals surface area contributed by atoms with Gasteiger partial charge in [-0.2, -0.15) is 13.2 Å². The van der Waals surface area contributed by atoms with E-state index in [1.807, 2.05) is 4.13 Å². The van der Waals surface area contributed by atoms with E-state index in [9.17, 15) is 30.0 Å². The molecule has 1 rings (SSSR count). The van der Waals surface area contributed by atoms with Gasteiger partial charge in [-0.05, 0) is 6.42 Å². The van der Waals surface area contributed by atoms with Gasteiger partial charge in [0, 0.05) is 12.4 Å². The highest BCUT2D eigenvalue weighted by Crippen LogP contribution is 2.30. The first kappa shape index (κ1) is 16.6. The normalized spacial score (nSPS) is 20.5. The highest BCUT2D eigenvalue weighted by atomic mass is 32.3. The molecule has 1 fully saturated rings. The summed E-state index contributed by atoms with van der Waals surface area (Å²) in [6, 6.07) is 0. The number of halogens is 3. The molecule has 114 valence electrons. The molecule has 12 heteroatoms. The van der Waals surface area contributed by atoms with Crippen molar-refractivity contribution in [3.63, 3.8) is 0 Å². The maximum atomic E-state index is 11.9. The Morgan fingerprint density at radius 3 is 2.32 bits per heavy atom. The smallest absolute Gasteiger partial charge is 0.428 e. The Hall–Kier alpha value is -0.430. The predicted molar refractivity (Wildman–Crippen MR) is 57.3 cm³/mol. The molecule has 19 heavy (non-hydrogen) atoms. The molecule has 0 N–H and O–H groups in total. The quantitative estimate of drug-likeness (QED) is 0.471. The Morgan fingerprint density at radius 1 is 1.26 bits per heavy atom. The number of nitrogens with zero attached hydrogens (tertiary/aromatic N) is 1. The van der Waals surface area contributed by atoms with E-state index in [0.717, 1.165) is 0 Å². The number of sulfonamides is 2. The van der Waals surface area contributed by atoms with Gasteiger partial charge in [-0.25, -0.2) is 16.8 Å². The van der Waals surface area contributed by atoms with E-state index in [4.69, 9.17) is 9.47 Å². The number of rotatable bonds is 8. The van der Waals surface area contributed by atoms with E-state index in [-0.39, 0.29) is 25.7 Å². The monoisotopic (exact) mass is 326 g/mol. The molecule has 1 aliphatic heterocycles. The van der Waals surface area contributed by atoms with E-state index < -0.39 is 31.3 Å². The van der Waals surface area contributed by atoms with E-state index >= 15 is 0 Å². The van der Waals surface area contributed by atoms with Crippen LogP contribution in [0.15, 0.2) is 0 Å². The molecule has 0 aromatic rings. The van der Waals surface area contributed by atoms with E-state index in [1.165, 1.54) is 0 Å². The molecule has 0 spiro atoms. The maximum absolute atomic E-state index is 11.9. The Balaban J connectivity index is 2.34. The van der Waals surface area contributed by atoms with E-state index in [1.54, 1.807) is 0 Å². The first-order valence-electron chi connectivity index (χ1n) is 5.01. The first-order valence-corrected chi connectivity index (χ1v) is 8.06. The molecule has 1 unspecified atom stereocenters. The van der Waals surface area contributed by atoms with Gasteiger partial charge < -0.3 is 13.6 Å². The summed E-state index contributed by atoms with van der Waals surface area (Å²) in [6.07, 6.45) is -0.182. The lowest BCUT2D eigenvalue weighted by molar-refractivity contribution is -0.0425. The molecular weight excluding hydrogens is 315 g/mol. The van der Waals surface area contributed by atoms with Crippen molar-refractivity contribution in [2.24, 2.45) is 0 Å². The van der Waals surface area contributed by atoms with Crippen molar-refractivity contribution in [1.29, 1.82) is 0 Å².